The third-order valence-electron chi connectivity index (χ3n) is 4.45. The van der Waals surface area contributed by atoms with Gasteiger partial charge in [-0.2, -0.15) is 0 Å². The van der Waals surface area contributed by atoms with Crippen LogP contribution in [-0.4, -0.2) is 43.1 Å². The van der Waals surface area contributed by atoms with Gasteiger partial charge in [-0.25, -0.2) is 14.0 Å². The maximum atomic E-state index is 13.9. The van der Waals surface area contributed by atoms with Crippen LogP contribution in [0.3, 0.4) is 0 Å². The van der Waals surface area contributed by atoms with Crippen molar-refractivity contribution in [3.05, 3.63) is 63.5 Å². The van der Waals surface area contributed by atoms with Crippen molar-refractivity contribution < 1.29 is 33.0 Å². The predicted molar refractivity (Wildman–Crippen MR) is 116 cm³/mol. The quantitative estimate of drug-likeness (QED) is 0.333. The molecule has 1 N–H and O–H groups in total. The van der Waals surface area contributed by atoms with E-state index in [0.29, 0.717) is 28.1 Å². The molecule has 1 saturated heterocycles. The van der Waals surface area contributed by atoms with E-state index in [4.69, 9.17) is 9.47 Å². The van der Waals surface area contributed by atoms with Gasteiger partial charge >= 0.3 is 12.0 Å². The molecule has 0 spiro atoms. The number of imide groups is 1. The topological polar surface area (TPSA) is 94.2 Å². The molecule has 1 aliphatic rings. The molecule has 0 aromatic heterocycles. The summed E-state index contributed by atoms with van der Waals surface area (Å²) in [6.45, 7) is 1.61. The summed E-state index contributed by atoms with van der Waals surface area (Å²) in [5, 5.41) is 2.50. The Morgan fingerprint density at radius 1 is 1.22 bits per heavy atom. The lowest BCUT2D eigenvalue weighted by molar-refractivity contribution is -0.143. The first-order chi connectivity index (χ1) is 15.3. The summed E-state index contributed by atoms with van der Waals surface area (Å²) in [5.41, 5.74) is 0.789. The molecule has 3 rings (SSSR count). The molecule has 1 heterocycles. The fourth-order valence-electron chi connectivity index (χ4n) is 2.94. The molecular formula is C22H20BrFN2O6. The van der Waals surface area contributed by atoms with Gasteiger partial charge in [0.25, 0.3) is 5.91 Å². The van der Waals surface area contributed by atoms with Crippen LogP contribution in [0.2, 0.25) is 0 Å². The molecule has 0 radical (unpaired) electrons. The molecule has 0 aliphatic carbocycles. The maximum Gasteiger partial charge on any atom is 0.343 e. The Bertz CT molecular complexity index is 1090. The Hall–Kier alpha value is -3.40. The van der Waals surface area contributed by atoms with Crippen molar-refractivity contribution in [1.82, 2.24) is 10.2 Å². The van der Waals surface area contributed by atoms with E-state index < -0.39 is 23.7 Å². The number of methoxy groups -OCH3 is 1. The molecule has 0 bridgehead atoms. The van der Waals surface area contributed by atoms with Crippen molar-refractivity contribution in [3.63, 3.8) is 0 Å². The second-order valence-corrected chi connectivity index (χ2v) is 7.45. The number of ether oxygens (including phenoxy) is 3. The van der Waals surface area contributed by atoms with Crippen molar-refractivity contribution in [2.24, 2.45) is 0 Å². The van der Waals surface area contributed by atoms with Gasteiger partial charge in [0.1, 0.15) is 11.5 Å². The van der Waals surface area contributed by atoms with E-state index >= 15 is 0 Å². The first-order valence-corrected chi connectivity index (χ1v) is 10.4. The fraction of sp³-hybridized carbons (Fsp3) is 0.227. The molecule has 3 amide bonds. The summed E-state index contributed by atoms with van der Waals surface area (Å²) in [4.78, 5) is 37.4. The molecule has 2 aromatic rings. The number of urea groups is 1. The van der Waals surface area contributed by atoms with Gasteiger partial charge in [-0.3, -0.25) is 9.69 Å². The zero-order valence-electron chi connectivity index (χ0n) is 17.3. The number of benzene rings is 2. The van der Waals surface area contributed by atoms with E-state index in [-0.39, 0.29) is 24.4 Å². The van der Waals surface area contributed by atoms with Crippen LogP contribution in [-0.2, 0) is 20.9 Å². The van der Waals surface area contributed by atoms with Crippen molar-refractivity contribution in [1.29, 1.82) is 0 Å². The van der Waals surface area contributed by atoms with Gasteiger partial charge in [0.05, 0.1) is 24.7 Å². The summed E-state index contributed by atoms with van der Waals surface area (Å²) >= 11 is 3.37. The number of carbonyl (C=O) groups excluding carboxylic acids is 3. The normalized spacial score (nSPS) is 14.5. The van der Waals surface area contributed by atoms with Gasteiger partial charge in [-0.15, -0.1) is 0 Å². The number of halogens is 2. The average molecular weight is 507 g/mol. The summed E-state index contributed by atoms with van der Waals surface area (Å²) in [7, 11) is 1.25. The van der Waals surface area contributed by atoms with Crippen LogP contribution >= 0.6 is 15.9 Å². The molecule has 168 valence electrons. The summed E-state index contributed by atoms with van der Waals surface area (Å²) in [6.07, 6.45) is 1.47. The van der Waals surface area contributed by atoms with Gasteiger partial charge in [-0.1, -0.05) is 18.2 Å². The van der Waals surface area contributed by atoms with Crippen LogP contribution in [0.1, 0.15) is 18.1 Å². The van der Waals surface area contributed by atoms with E-state index in [1.165, 1.54) is 31.4 Å². The van der Waals surface area contributed by atoms with Crippen LogP contribution in [0.4, 0.5) is 9.18 Å². The van der Waals surface area contributed by atoms with Crippen molar-refractivity contribution >= 4 is 39.9 Å². The van der Waals surface area contributed by atoms with E-state index in [9.17, 15) is 18.8 Å². The lowest BCUT2D eigenvalue weighted by Gasteiger charge is -2.14. The minimum absolute atomic E-state index is 0.0314. The Kier molecular flexibility index (Phi) is 7.47. The van der Waals surface area contributed by atoms with Crippen LogP contribution in [0, 0.1) is 5.82 Å². The van der Waals surface area contributed by atoms with Crippen LogP contribution in [0.5, 0.6) is 11.5 Å². The molecule has 1 fully saturated rings. The van der Waals surface area contributed by atoms with E-state index in [1.807, 2.05) is 0 Å². The van der Waals surface area contributed by atoms with Crippen molar-refractivity contribution in [2.75, 3.05) is 20.3 Å². The highest BCUT2D eigenvalue weighted by atomic mass is 79.9. The minimum Gasteiger partial charge on any atom is -0.490 e. The Morgan fingerprint density at radius 3 is 2.66 bits per heavy atom. The number of hydrogen-bond acceptors (Lipinski definition) is 6. The Balaban J connectivity index is 1.85. The van der Waals surface area contributed by atoms with Gasteiger partial charge in [0, 0.05) is 5.56 Å². The summed E-state index contributed by atoms with van der Waals surface area (Å²) in [6, 6.07) is 8.53. The highest BCUT2D eigenvalue weighted by Gasteiger charge is 2.34. The van der Waals surface area contributed by atoms with Crippen molar-refractivity contribution in [3.8, 4) is 11.5 Å². The van der Waals surface area contributed by atoms with E-state index in [0.717, 1.165) is 4.90 Å². The Morgan fingerprint density at radius 2 is 1.97 bits per heavy atom. The third-order valence-corrected chi connectivity index (χ3v) is 5.04. The maximum absolute atomic E-state index is 13.9. The fourth-order valence-corrected chi connectivity index (χ4v) is 3.52. The Labute approximate surface area is 192 Å². The molecule has 10 heteroatoms. The molecule has 2 aromatic carbocycles. The second kappa shape index (κ2) is 10.3. The number of esters is 1. The monoisotopic (exact) mass is 506 g/mol. The van der Waals surface area contributed by atoms with Gasteiger partial charge in [-0.05, 0) is 52.7 Å². The lowest BCUT2D eigenvalue weighted by Crippen LogP contribution is -2.30. The van der Waals surface area contributed by atoms with Crippen molar-refractivity contribution in [2.45, 2.75) is 13.5 Å². The number of rotatable bonds is 8. The standard InChI is InChI=1S/C22H20BrFN2O6/c1-3-31-18-10-13(8-15(23)20(18)32-12-19(27)30-2)9-17-21(28)26(22(29)25-17)11-14-6-4-5-7-16(14)24/h4-10H,3,11-12H2,1-2H3,(H,25,29)/b17-9+. The number of hydrogen-bond donors (Lipinski definition) is 1. The average Bonchev–Trinajstić information content (AvgIpc) is 3.02. The minimum atomic E-state index is -0.647. The molecule has 32 heavy (non-hydrogen) atoms. The zero-order valence-corrected chi connectivity index (χ0v) is 18.9. The molecule has 0 unspecified atom stereocenters. The number of nitrogens with one attached hydrogen (secondary N) is 1. The highest BCUT2D eigenvalue weighted by Crippen LogP contribution is 2.37. The lowest BCUT2D eigenvalue weighted by atomic mass is 10.1. The second-order valence-electron chi connectivity index (χ2n) is 6.60. The summed E-state index contributed by atoms with van der Waals surface area (Å²) < 4.78 is 30.0. The zero-order chi connectivity index (χ0) is 23.3. The number of amides is 3. The summed E-state index contributed by atoms with van der Waals surface area (Å²) in [5.74, 6) is -1.02. The molecule has 8 nitrogen and oxygen atoms in total. The molecule has 1 aliphatic heterocycles. The van der Waals surface area contributed by atoms with Gasteiger partial charge < -0.3 is 19.5 Å². The first-order valence-electron chi connectivity index (χ1n) is 9.58. The number of nitrogens with zero attached hydrogens (tertiary/aromatic N) is 1. The van der Waals surface area contributed by atoms with Crippen LogP contribution in [0.15, 0.2) is 46.6 Å². The van der Waals surface area contributed by atoms with Crippen LogP contribution < -0.4 is 14.8 Å². The number of carbonyl (C=O) groups is 3. The molecule has 0 saturated carbocycles. The van der Waals surface area contributed by atoms with E-state index in [1.54, 1.807) is 25.1 Å². The van der Waals surface area contributed by atoms with E-state index in [2.05, 4.69) is 26.0 Å². The molecular weight excluding hydrogens is 487 g/mol. The largest absolute Gasteiger partial charge is 0.490 e. The molecule has 0 atom stereocenters. The van der Waals surface area contributed by atoms with Gasteiger partial charge in [0.15, 0.2) is 18.1 Å². The smallest absolute Gasteiger partial charge is 0.343 e. The first kappa shape index (κ1) is 23.3. The highest BCUT2D eigenvalue weighted by molar-refractivity contribution is 9.10. The third kappa shape index (κ3) is 5.25. The van der Waals surface area contributed by atoms with Gasteiger partial charge in [0.2, 0.25) is 0 Å². The predicted octanol–water partition coefficient (Wildman–Crippen LogP) is 3.63. The van der Waals surface area contributed by atoms with Crippen LogP contribution in [0.25, 0.3) is 6.08 Å². The SMILES string of the molecule is CCOc1cc(/C=C2/NC(=O)N(Cc3ccccc3F)C2=O)cc(Br)c1OCC(=O)OC.